The topological polar surface area (TPSA) is 58.6 Å². The number of H-pyrrole nitrogens is 1. The Morgan fingerprint density at radius 2 is 1.88 bits per heavy atom. The Hall–Kier alpha value is -2.54. The number of halogens is 2. The zero-order valence-corrected chi connectivity index (χ0v) is 13.5. The number of aromatic amines is 1. The predicted molar refractivity (Wildman–Crippen MR) is 87.8 cm³/mol. The highest BCUT2D eigenvalue weighted by molar-refractivity contribution is 8.00. The Kier molecular flexibility index (Phi) is 4.71. The van der Waals surface area contributed by atoms with Crippen molar-refractivity contribution in [3.05, 3.63) is 65.7 Å². The molecule has 1 N–H and O–H groups in total. The zero-order valence-electron chi connectivity index (χ0n) is 12.7. The molecular formula is C17H13F2N3OS. The highest BCUT2D eigenvalue weighted by Gasteiger charge is 2.20. The van der Waals surface area contributed by atoms with E-state index in [9.17, 15) is 13.6 Å². The third-order valence-corrected chi connectivity index (χ3v) is 4.33. The quantitative estimate of drug-likeness (QED) is 0.558. The van der Waals surface area contributed by atoms with Crippen LogP contribution in [0.25, 0.3) is 11.4 Å². The first-order chi connectivity index (χ1) is 11.5. The van der Waals surface area contributed by atoms with Gasteiger partial charge in [-0.05, 0) is 25.1 Å². The van der Waals surface area contributed by atoms with Crippen molar-refractivity contribution < 1.29 is 13.6 Å². The van der Waals surface area contributed by atoms with Crippen molar-refractivity contribution in [2.45, 2.75) is 17.3 Å². The Balaban J connectivity index is 1.72. The molecule has 0 amide bonds. The van der Waals surface area contributed by atoms with Gasteiger partial charge in [0.1, 0.15) is 0 Å². The number of carbonyl (C=O) groups is 1. The molecule has 3 rings (SSSR count). The number of nitrogens with one attached hydrogen (secondary N) is 1. The molecule has 1 heterocycles. The fraction of sp³-hybridized carbons (Fsp3) is 0.118. The van der Waals surface area contributed by atoms with Crippen molar-refractivity contribution in [1.29, 1.82) is 0 Å². The van der Waals surface area contributed by atoms with Crippen LogP contribution < -0.4 is 0 Å². The van der Waals surface area contributed by atoms with Crippen LogP contribution in [0.5, 0.6) is 0 Å². The number of carbonyl (C=O) groups excluding carboxylic acids is 1. The summed E-state index contributed by atoms with van der Waals surface area (Å²) in [5, 5.41) is 6.78. The van der Waals surface area contributed by atoms with E-state index in [0.717, 1.165) is 29.5 Å². The summed E-state index contributed by atoms with van der Waals surface area (Å²) in [7, 11) is 0. The molecule has 0 saturated heterocycles. The first kappa shape index (κ1) is 16.3. The molecule has 0 aliphatic rings. The minimum atomic E-state index is -1.04. The van der Waals surface area contributed by atoms with Crippen molar-refractivity contribution in [2.24, 2.45) is 0 Å². The van der Waals surface area contributed by atoms with E-state index in [4.69, 9.17) is 0 Å². The average Bonchev–Trinajstić information content (AvgIpc) is 3.06. The summed E-state index contributed by atoms with van der Waals surface area (Å²) >= 11 is 1.15. The van der Waals surface area contributed by atoms with E-state index in [1.807, 2.05) is 30.3 Å². The van der Waals surface area contributed by atoms with Gasteiger partial charge in [0.2, 0.25) is 5.16 Å². The molecule has 1 aromatic heterocycles. The summed E-state index contributed by atoms with van der Waals surface area (Å²) in [6.45, 7) is 1.67. The maximum absolute atomic E-state index is 13.3. The van der Waals surface area contributed by atoms with Crippen LogP contribution in [0, 0.1) is 11.6 Å². The minimum Gasteiger partial charge on any atom is -0.293 e. The number of Topliss-reactive ketones (excluding diaryl/α,β-unsaturated/α-hetero) is 1. The highest BCUT2D eigenvalue weighted by Crippen LogP contribution is 2.25. The Labute approximate surface area is 141 Å². The molecule has 24 heavy (non-hydrogen) atoms. The summed E-state index contributed by atoms with van der Waals surface area (Å²) in [6.07, 6.45) is 0. The maximum Gasteiger partial charge on any atom is 0.209 e. The van der Waals surface area contributed by atoms with E-state index >= 15 is 0 Å². The number of aromatic nitrogens is 3. The molecule has 0 aliphatic carbocycles. The lowest BCUT2D eigenvalue weighted by atomic mass is 10.1. The molecule has 0 radical (unpaired) electrons. The second-order valence-electron chi connectivity index (χ2n) is 5.09. The number of ketones is 1. The van der Waals surface area contributed by atoms with Gasteiger partial charge >= 0.3 is 0 Å². The summed E-state index contributed by atoms with van der Waals surface area (Å²) in [4.78, 5) is 16.7. The third-order valence-electron chi connectivity index (χ3n) is 3.37. The number of hydrogen-bond donors (Lipinski definition) is 1. The van der Waals surface area contributed by atoms with Crippen LogP contribution >= 0.6 is 11.8 Å². The molecule has 0 saturated carbocycles. The van der Waals surface area contributed by atoms with Gasteiger partial charge in [0.25, 0.3) is 0 Å². The van der Waals surface area contributed by atoms with E-state index in [1.54, 1.807) is 6.92 Å². The second kappa shape index (κ2) is 6.92. The van der Waals surface area contributed by atoms with Crippen molar-refractivity contribution in [1.82, 2.24) is 15.2 Å². The molecule has 0 bridgehead atoms. The molecular weight excluding hydrogens is 332 g/mol. The number of thioether (sulfide) groups is 1. The fourth-order valence-electron chi connectivity index (χ4n) is 2.12. The number of rotatable bonds is 5. The van der Waals surface area contributed by atoms with Gasteiger partial charge < -0.3 is 0 Å². The van der Waals surface area contributed by atoms with Gasteiger partial charge in [0.05, 0.1) is 5.25 Å². The SMILES string of the molecule is C[C@@H](Sc1n[nH]c(-c2ccccc2)n1)C(=O)c1ccc(F)c(F)c1. The number of nitrogens with zero attached hydrogens (tertiary/aromatic N) is 2. The second-order valence-corrected chi connectivity index (χ2v) is 6.39. The first-order valence-electron chi connectivity index (χ1n) is 7.18. The monoisotopic (exact) mass is 345 g/mol. The van der Waals surface area contributed by atoms with Gasteiger partial charge in [0, 0.05) is 11.1 Å². The van der Waals surface area contributed by atoms with Gasteiger partial charge in [-0.3, -0.25) is 9.89 Å². The van der Waals surface area contributed by atoms with Crippen molar-refractivity contribution in [3.8, 4) is 11.4 Å². The van der Waals surface area contributed by atoms with E-state index in [-0.39, 0.29) is 11.3 Å². The van der Waals surface area contributed by atoms with Gasteiger partial charge in [-0.2, -0.15) is 0 Å². The molecule has 2 aromatic carbocycles. The lowest BCUT2D eigenvalue weighted by Gasteiger charge is -2.08. The van der Waals surface area contributed by atoms with Crippen LogP contribution in [0.2, 0.25) is 0 Å². The molecule has 0 fully saturated rings. The Morgan fingerprint density at radius 1 is 1.12 bits per heavy atom. The van der Waals surface area contributed by atoms with E-state index < -0.39 is 16.9 Å². The van der Waals surface area contributed by atoms with Gasteiger partial charge in [0.15, 0.2) is 23.2 Å². The van der Waals surface area contributed by atoms with E-state index in [2.05, 4.69) is 15.2 Å². The largest absolute Gasteiger partial charge is 0.293 e. The van der Waals surface area contributed by atoms with Crippen LogP contribution in [0.1, 0.15) is 17.3 Å². The maximum atomic E-state index is 13.3. The van der Waals surface area contributed by atoms with Crippen LogP contribution in [0.4, 0.5) is 8.78 Å². The van der Waals surface area contributed by atoms with Gasteiger partial charge in [-0.15, -0.1) is 5.10 Å². The number of hydrogen-bond acceptors (Lipinski definition) is 4. The van der Waals surface area contributed by atoms with E-state index in [0.29, 0.717) is 11.0 Å². The lowest BCUT2D eigenvalue weighted by molar-refractivity contribution is 0.0993. The van der Waals surface area contributed by atoms with Crippen molar-refractivity contribution in [3.63, 3.8) is 0 Å². The van der Waals surface area contributed by atoms with E-state index in [1.165, 1.54) is 6.07 Å². The molecule has 0 spiro atoms. The summed E-state index contributed by atoms with van der Waals surface area (Å²) < 4.78 is 26.2. The molecule has 122 valence electrons. The molecule has 0 aliphatic heterocycles. The van der Waals surface area contributed by atoms with Crippen LogP contribution in [-0.2, 0) is 0 Å². The van der Waals surface area contributed by atoms with Crippen LogP contribution in [0.3, 0.4) is 0 Å². The van der Waals surface area contributed by atoms with Crippen LogP contribution in [0.15, 0.2) is 53.7 Å². The zero-order chi connectivity index (χ0) is 17.1. The first-order valence-corrected chi connectivity index (χ1v) is 8.06. The lowest BCUT2D eigenvalue weighted by Crippen LogP contribution is -2.14. The highest BCUT2D eigenvalue weighted by atomic mass is 32.2. The summed E-state index contributed by atoms with van der Waals surface area (Å²) in [5.41, 5.74) is 1.00. The smallest absolute Gasteiger partial charge is 0.209 e. The van der Waals surface area contributed by atoms with Gasteiger partial charge in [-0.1, -0.05) is 42.1 Å². The molecule has 4 nitrogen and oxygen atoms in total. The molecule has 7 heteroatoms. The van der Waals surface area contributed by atoms with Gasteiger partial charge in [-0.25, -0.2) is 13.8 Å². The average molecular weight is 345 g/mol. The van der Waals surface area contributed by atoms with Crippen molar-refractivity contribution in [2.75, 3.05) is 0 Å². The molecule has 0 unspecified atom stereocenters. The predicted octanol–water partition coefficient (Wildman–Crippen LogP) is 4.11. The standard InChI is InChI=1S/C17H13F2N3OS/c1-10(15(23)12-7-8-13(18)14(19)9-12)24-17-20-16(21-22-17)11-5-3-2-4-6-11/h2-10H,1H3,(H,20,21,22)/t10-/m1/s1. The number of benzene rings is 2. The van der Waals surface area contributed by atoms with Crippen LogP contribution in [-0.4, -0.2) is 26.2 Å². The Morgan fingerprint density at radius 3 is 2.58 bits per heavy atom. The Bertz CT molecular complexity index is 867. The molecule has 1 atom stereocenters. The summed E-state index contributed by atoms with van der Waals surface area (Å²) in [6, 6.07) is 12.6. The van der Waals surface area contributed by atoms with Crippen molar-refractivity contribution >= 4 is 17.5 Å². The third kappa shape index (κ3) is 3.51. The summed E-state index contributed by atoms with van der Waals surface area (Å²) in [5.74, 6) is -1.73. The normalized spacial score (nSPS) is 12.1. The fourth-order valence-corrected chi connectivity index (χ4v) is 2.92. The molecule has 3 aromatic rings. The minimum absolute atomic E-state index is 0.118.